The molecule has 1 heteroatoms. The molecule has 0 fully saturated rings. The SMILES string of the molecule is CC/C(=C\C=C(\C)CN)C(C)C. The highest BCUT2D eigenvalue weighted by Crippen LogP contribution is 2.13. The molecule has 0 aliphatic rings. The van der Waals surface area contributed by atoms with Crippen LogP contribution in [-0.4, -0.2) is 6.54 Å². The molecule has 0 saturated heterocycles. The van der Waals surface area contributed by atoms with Gasteiger partial charge in [-0.25, -0.2) is 0 Å². The summed E-state index contributed by atoms with van der Waals surface area (Å²) < 4.78 is 0. The van der Waals surface area contributed by atoms with Gasteiger partial charge < -0.3 is 5.73 Å². The van der Waals surface area contributed by atoms with Crippen LogP contribution in [0.4, 0.5) is 0 Å². The highest BCUT2D eigenvalue weighted by molar-refractivity contribution is 5.18. The van der Waals surface area contributed by atoms with Gasteiger partial charge in [-0.3, -0.25) is 0 Å². The van der Waals surface area contributed by atoms with Crippen molar-refractivity contribution in [1.82, 2.24) is 0 Å². The van der Waals surface area contributed by atoms with Crippen LogP contribution in [-0.2, 0) is 0 Å². The Morgan fingerprint density at radius 2 is 1.92 bits per heavy atom. The lowest BCUT2D eigenvalue weighted by Crippen LogP contribution is -1.99. The van der Waals surface area contributed by atoms with E-state index >= 15 is 0 Å². The Labute approximate surface area is 76.3 Å². The molecule has 0 aliphatic heterocycles. The van der Waals surface area contributed by atoms with Crippen molar-refractivity contribution in [1.29, 1.82) is 0 Å². The first-order valence-corrected chi connectivity index (χ1v) is 4.68. The molecule has 0 aromatic carbocycles. The van der Waals surface area contributed by atoms with Crippen LogP contribution in [0.2, 0.25) is 0 Å². The van der Waals surface area contributed by atoms with E-state index in [0.717, 1.165) is 6.42 Å². The van der Waals surface area contributed by atoms with Crippen molar-refractivity contribution < 1.29 is 0 Å². The van der Waals surface area contributed by atoms with Gasteiger partial charge in [-0.05, 0) is 19.3 Å². The molecule has 0 heterocycles. The maximum Gasteiger partial charge on any atom is 0.0137 e. The summed E-state index contributed by atoms with van der Waals surface area (Å²) >= 11 is 0. The highest BCUT2D eigenvalue weighted by atomic mass is 14.5. The molecule has 0 radical (unpaired) electrons. The third-order valence-electron chi connectivity index (χ3n) is 2.05. The Morgan fingerprint density at radius 1 is 1.33 bits per heavy atom. The van der Waals surface area contributed by atoms with Crippen LogP contribution < -0.4 is 5.73 Å². The van der Waals surface area contributed by atoms with Crippen molar-refractivity contribution >= 4 is 0 Å². The largest absolute Gasteiger partial charge is 0.327 e. The molecule has 70 valence electrons. The summed E-state index contributed by atoms with van der Waals surface area (Å²) in [6, 6.07) is 0. The van der Waals surface area contributed by atoms with E-state index in [4.69, 9.17) is 5.73 Å². The topological polar surface area (TPSA) is 26.0 Å². The first-order chi connectivity index (χ1) is 5.61. The summed E-state index contributed by atoms with van der Waals surface area (Å²) in [5.74, 6) is 0.650. The fourth-order valence-corrected chi connectivity index (χ4v) is 1.04. The van der Waals surface area contributed by atoms with Crippen molar-refractivity contribution in [2.75, 3.05) is 6.54 Å². The molecule has 1 nitrogen and oxygen atoms in total. The maximum absolute atomic E-state index is 5.48. The van der Waals surface area contributed by atoms with Crippen molar-refractivity contribution in [3.63, 3.8) is 0 Å². The average Bonchev–Trinajstić information content (AvgIpc) is 2.04. The molecule has 0 unspecified atom stereocenters. The van der Waals surface area contributed by atoms with Gasteiger partial charge in [0, 0.05) is 6.54 Å². The Morgan fingerprint density at radius 3 is 2.25 bits per heavy atom. The van der Waals surface area contributed by atoms with E-state index in [1.165, 1.54) is 11.1 Å². The predicted molar refractivity (Wildman–Crippen MR) is 56.0 cm³/mol. The predicted octanol–water partition coefficient (Wildman–Crippen LogP) is 2.88. The molecule has 2 N–H and O–H groups in total. The molecule has 0 aromatic heterocycles. The summed E-state index contributed by atoms with van der Waals surface area (Å²) in [7, 11) is 0. The van der Waals surface area contributed by atoms with Crippen molar-refractivity contribution in [2.24, 2.45) is 11.7 Å². The van der Waals surface area contributed by atoms with E-state index in [0.29, 0.717) is 12.5 Å². The molecule has 0 aliphatic carbocycles. The molecule has 0 amide bonds. The van der Waals surface area contributed by atoms with E-state index in [1.807, 2.05) is 0 Å². The lowest BCUT2D eigenvalue weighted by molar-refractivity contribution is 0.732. The second-order valence-electron chi connectivity index (χ2n) is 3.47. The third kappa shape index (κ3) is 4.35. The zero-order chi connectivity index (χ0) is 9.56. The van der Waals surface area contributed by atoms with Gasteiger partial charge in [0.25, 0.3) is 0 Å². The van der Waals surface area contributed by atoms with E-state index in [2.05, 4.69) is 39.8 Å². The standard InChI is InChI=1S/C11H21N/c1-5-11(9(2)3)7-6-10(4)8-12/h6-7,9H,5,8,12H2,1-4H3/b10-6-,11-7+. The van der Waals surface area contributed by atoms with Crippen LogP contribution in [0.5, 0.6) is 0 Å². The molecular formula is C11H21N. The lowest BCUT2D eigenvalue weighted by Gasteiger charge is -2.06. The van der Waals surface area contributed by atoms with E-state index in [9.17, 15) is 0 Å². The van der Waals surface area contributed by atoms with E-state index < -0.39 is 0 Å². The molecule has 0 rings (SSSR count). The van der Waals surface area contributed by atoms with Crippen LogP contribution in [0.1, 0.15) is 34.1 Å². The van der Waals surface area contributed by atoms with Crippen molar-refractivity contribution in [3.05, 3.63) is 23.3 Å². The smallest absolute Gasteiger partial charge is 0.0137 e. The van der Waals surface area contributed by atoms with E-state index in [-0.39, 0.29) is 0 Å². The van der Waals surface area contributed by atoms with Gasteiger partial charge in [0.05, 0.1) is 0 Å². The Kier molecular flexibility index (Phi) is 5.73. The summed E-state index contributed by atoms with van der Waals surface area (Å²) in [5.41, 5.74) is 8.20. The second-order valence-corrected chi connectivity index (χ2v) is 3.47. The summed E-state index contributed by atoms with van der Waals surface area (Å²) in [4.78, 5) is 0. The first kappa shape index (κ1) is 11.4. The van der Waals surface area contributed by atoms with Gasteiger partial charge in [-0.1, -0.05) is 44.1 Å². The number of hydrogen-bond acceptors (Lipinski definition) is 1. The van der Waals surface area contributed by atoms with Crippen LogP contribution in [0.25, 0.3) is 0 Å². The van der Waals surface area contributed by atoms with Gasteiger partial charge in [0.2, 0.25) is 0 Å². The number of rotatable bonds is 4. The number of nitrogens with two attached hydrogens (primary N) is 1. The first-order valence-electron chi connectivity index (χ1n) is 4.68. The number of allylic oxidation sites excluding steroid dienone is 3. The van der Waals surface area contributed by atoms with Gasteiger partial charge >= 0.3 is 0 Å². The molecule has 0 bridgehead atoms. The normalized spacial score (nSPS) is 14.2. The summed E-state index contributed by atoms with van der Waals surface area (Å²) in [5, 5.41) is 0. The van der Waals surface area contributed by atoms with Crippen molar-refractivity contribution in [3.8, 4) is 0 Å². The zero-order valence-electron chi connectivity index (χ0n) is 8.72. The molecule has 0 aromatic rings. The Balaban J connectivity index is 4.30. The quantitative estimate of drug-likeness (QED) is 0.640. The van der Waals surface area contributed by atoms with Crippen LogP contribution >= 0.6 is 0 Å². The molecular weight excluding hydrogens is 146 g/mol. The van der Waals surface area contributed by atoms with Crippen LogP contribution in [0, 0.1) is 5.92 Å². The molecule has 0 saturated carbocycles. The van der Waals surface area contributed by atoms with E-state index in [1.54, 1.807) is 0 Å². The monoisotopic (exact) mass is 167 g/mol. The van der Waals surface area contributed by atoms with Crippen LogP contribution in [0.3, 0.4) is 0 Å². The Bertz CT molecular complexity index is 175. The summed E-state index contributed by atoms with van der Waals surface area (Å²) in [6.07, 6.45) is 5.46. The molecule has 0 spiro atoms. The fourth-order valence-electron chi connectivity index (χ4n) is 1.04. The minimum absolute atomic E-state index is 0.650. The minimum Gasteiger partial charge on any atom is -0.327 e. The van der Waals surface area contributed by atoms with Gasteiger partial charge in [0.1, 0.15) is 0 Å². The Hall–Kier alpha value is -0.560. The lowest BCUT2D eigenvalue weighted by atomic mass is 10.00. The third-order valence-corrected chi connectivity index (χ3v) is 2.05. The van der Waals surface area contributed by atoms with Crippen molar-refractivity contribution in [2.45, 2.75) is 34.1 Å². The average molecular weight is 167 g/mol. The van der Waals surface area contributed by atoms with Gasteiger partial charge in [0.15, 0.2) is 0 Å². The number of hydrogen-bond donors (Lipinski definition) is 1. The zero-order valence-corrected chi connectivity index (χ0v) is 8.72. The van der Waals surface area contributed by atoms with Gasteiger partial charge in [-0.2, -0.15) is 0 Å². The fraction of sp³-hybridized carbons (Fsp3) is 0.636. The summed E-state index contributed by atoms with van der Waals surface area (Å²) in [6.45, 7) is 9.36. The second kappa shape index (κ2) is 6.01. The van der Waals surface area contributed by atoms with Crippen LogP contribution in [0.15, 0.2) is 23.3 Å². The molecule has 12 heavy (non-hydrogen) atoms. The maximum atomic E-state index is 5.48. The highest BCUT2D eigenvalue weighted by Gasteiger charge is 1.97. The molecule has 0 atom stereocenters. The van der Waals surface area contributed by atoms with Gasteiger partial charge in [-0.15, -0.1) is 0 Å². The minimum atomic E-state index is 0.650.